The fourth-order valence-electron chi connectivity index (χ4n) is 4.64. The van der Waals surface area contributed by atoms with E-state index >= 15 is 0 Å². The second-order valence-electron chi connectivity index (χ2n) is 10.0. The van der Waals surface area contributed by atoms with Gasteiger partial charge in [0.05, 0.1) is 6.54 Å². The summed E-state index contributed by atoms with van der Waals surface area (Å²) in [6, 6.07) is 6.07. The van der Waals surface area contributed by atoms with Crippen LogP contribution < -0.4 is 15.5 Å². The molecule has 0 atom stereocenters. The van der Waals surface area contributed by atoms with Gasteiger partial charge in [0.2, 0.25) is 11.9 Å². The minimum absolute atomic E-state index is 0.0406. The number of amides is 1. The predicted molar refractivity (Wildman–Crippen MR) is 147 cm³/mol. The first kappa shape index (κ1) is 28.6. The molecular formula is C27H37F3N8O. The van der Waals surface area contributed by atoms with Gasteiger partial charge in [-0.2, -0.15) is 18.2 Å². The van der Waals surface area contributed by atoms with Gasteiger partial charge in [-0.25, -0.2) is 4.98 Å². The van der Waals surface area contributed by atoms with Crippen LogP contribution in [0, 0.1) is 0 Å². The van der Waals surface area contributed by atoms with Crippen molar-refractivity contribution in [2.24, 2.45) is 0 Å². The molecule has 1 aromatic heterocycles. The standard InChI is InChI=1S/C27H37F3N8O/c1-4-20-17-21(37-15-13-35(2)14-16-37)7-8-23(20)33-26-32-18-22(27(28,29)30)25(34-26)31-9-5-11-38-12-6-10-36(3)19-24(38)39/h6-8,12,17-18H,4-5,9-11,13-16,19H2,1-3H3,(H2,31,32,33,34). The smallest absolute Gasteiger partial charge is 0.369 e. The Kier molecular flexibility index (Phi) is 9.28. The second-order valence-corrected chi connectivity index (χ2v) is 10.0. The number of rotatable bonds is 9. The van der Waals surface area contributed by atoms with Gasteiger partial charge in [-0.05, 0) is 50.7 Å². The summed E-state index contributed by atoms with van der Waals surface area (Å²) in [5, 5.41) is 5.93. The Morgan fingerprint density at radius 2 is 1.85 bits per heavy atom. The monoisotopic (exact) mass is 546 g/mol. The molecule has 2 aliphatic heterocycles. The maximum atomic E-state index is 13.7. The van der Waals surface area contributed by atoms with Gasteiger partial charge in [-0.3, -0.25) is 9.69 Å². The summed E-state index contributed by atoms with van der Waals surface area (Å²) in [5.74, 6) is -0.244. The van der Waals surface area contributed by atoms with Crippen LogP contribution in [-0.2, 0) is 17.4 Å². The largest absolute Gasteiger partial charge is 0.421 e. The minimum atomic E-state index is -4.60. The van der Waals surface area contributed by atoms with Crippen LogP contribution in [0.3, 0.4) is 0 Å². The van der Waals surface area contributed by atoms with Gasteiger partial charge in [0, 0.05) is 69.6 Å². The number of hydrogen-bond donors (Lipinski definition) is 2. The average Bonchev–Trinajstić information content (AvgIpc) is 3.06. The Bertz CT molecular complexity index is 1160. The molecule has 1 saturated heterocycles. The lowest BCUT2D eigenvalue weighted by Crippen LogP contribution is -2.44. The van der Waals surface area contributed by atoms with Gasteiger partial charge in [0.25, 0.3) is 0 Å². The van der Waals surface area contributed by atoms with Gasteiger partial charge in [0.1, 0.15) is 11.4 Å². The molecule has 0 bridgehead atoms. The van der Waals surface area contributed by atoms with Gasteiger partial charge in [-0.1, -0.05) is 13.0 Å². The highest BCUT2D eigenvalue weighted by atomic mass is 19.4. The van der Waals surface area contributed by atoms with Crippen LogP contribution in [0.4, 0.5) is 36.3 Å². The molecule has 12 heteroatoms. The Balaban J connectivity index is 1.44. The van der Waals surface area contributed by atoms with Gasteiger partial charge in [-0.15, -0.1) is 0 Å². The van der Waals surface area contributed by atoms with Crippen molar-refractivity contribution in [2.45, 2.75) is 25.9 Å². The highest BCUT2D eigenvalue weighted by Gasteiger charge is 2.35. The van der Waals surface area contributed by atoms with Crippen LogP contribution in [0.1, 0.15) is 24.5 Å². The summed E-state index contributed by atoms with van der Waals surface area (Å²) in [5.41, 5.74) is 2.00. The lowest BCUT2D eigenvalue weighted by atomic mass is 10.1. The fourth-order valence-corrected chi connectivity index (χ4v) is 4.64. The molecular weight excluding hydrogens is 509 g/mol. The number of nitrogens with zero attached hydrogens (tertiary/aromatic N) is 6. The lowest BCUT2D eigenvalue weighted by molar-refractivity contribution is -0.137. The number of hydrogen-bond acceptors (Lipinski definition) is 8. The quantitative estimate of drug-likeness (QED) is 0.462. The van der Waals surface area contributed by atoms with E-state index in [0.717, 1.165) is 55.7 Å². The van der Waals surface area contributed by atoms with E-state index in [1.54, 1.807) is 11.1 Å². The molecule has 39 heavy (non-hydrogen) atoms. The maximum absolute atomic E-state index is 13.7. The first-order valence-electron chi connectivity index (χ1n) is 13.3. The van der Waals surface area contributed by atoms with E-state index in [2.05, 4.69) is 43.5 Å². The summed E-state index contributed by atoms with van der Waals surface area (Å²) in [4.78, 5) is 28.6. The molecule has 0 spiro atoms. The third kappa shape index (κ3) is 7.60. The molecule has 2 N–H and O–H groups in total. The summed E-state index contributed by atoms with van der Waals surface area (Å²) < 4.78 is 41.1. The number of anilines is 4. The van der Waals surface area contributed by atoms with E-state index in [4.69, 9.17) is 0 Å². The molecule has 0 aliphatic carbocycles. The van der Waals surface area contributed by atoms with E-state index < -0.39 is 11.7 Å². The highest BCUT2D eigenvalue weighted by molar-refractivity contribution is 5.79. The third-order valence-electron chi connectivity index (χ3n) is 6.97. The van der Waals surface area contributed by atoms with Crippen LogP contribution in [0.5, 0.6) is 0 Å². The summed E-state index contributed by atoms with van der Waals surface area (Å²) >= 11 is 0. The van der Waals surface area contributed by atoms with E-state index in [-0.39, 0.29) is 24.2 Å². The molecule has 1 fully saturated rings. The summed E-state index contributed by atoms with van der Waals surface area (Å²) in [7, 11) is 3.97. The lowest BCUT2D eigenvalue weighted by Gasteiger charge is -2.34. The molecule has 4 rings (SSSR count). The number of carbonyl (C=O) groups excluding carboxylic acids is 1. The number of benzene rings is 1. The third-order valence-corrected chi connectivity index (χ3v) is 6.97. The Labute approximate surface area is 227 Å². The first-order valence-corrected chi connectivity index (χ1v) is 13.3. The molecule has 0 radical (unpaired) electrons. The van der Waals surface area contributed by atoms with Crippen LogP contribution >= 0.6 is 0 Å². The van der Waals surface area contributed by atoms with Gasteiger partial charge in [0.15, 0.2) is 0 Å². The molecule has 0 saturated carbocycles. The second kappa shape index (κ2) is 12.6. The predicted octanol–water partition coefficient (Wildman–Crippen LogP) is 3.64. The Hall–Kier alpha value is -3.38. The molecule has 2 aliphatic rings. The molecule has 3 heterocycles. The number of carbonyl (C=O) groups is 1. The maximum Gasteiger partial charge on any atom is 0.421 e. The number of piperazine rings is 1. The number of likely N-dealkylation sites (N-methyl/N-ethyl adjacent to an activating group) is 2. The Morgan fingerprint density at radius 1 is 1.08 bits per heavy atom. The molecule has 1 amide bonds. The van der Waals surface area contributed by atoms with E-state index in [0.29, 0.717) is 26.1 Å². The zero-order chi connectivity index (χ0) is 28.0. The highest BCUT2D eigenvalue weighted by Crippen LogP contribution is 2.34. The average molecular weight is 547 g/mol. The van der Waals surface area contributed by atoms with Crippen LogP contribution in [0.2, 0.25) is 0 Å². The molecule has 0 unspecified atom stereocenters. The summed E-state index contributed by atoms with van der Waals surface area (Å²) in [6.45, 7) is 7.51. The van der Waals surface area contributed by atoms with Crippen LogP contribution in [-0.4, -0.2) is 97.0 Å². The van der Waals surface area contributed by atoms with Crippen molar-refractivity contribution in [1.82, 2.24) is 24.7 Å². The number of nitrogens with one attached hydrogen (secondary N) is 2. The SMILES string of the molecule is CCc1cc(N2CCN(C)CC2)ccc1Nc1ncc(C(F)(F)F)c(NCCCN2C=CCN(C)CC2=O)n1. The van der Waals surface area contributed by atoms with Gasteiger partial charge < -0.3 is 25.3 Å². The zero-order valence-corrected chi connectivity index (χ0v) is 22.8. The van der Waals surface area contributed by atoms with Crippen molar-refractivity contribution in [3.63, 3.8) is 0 Å². The molecule has 9 nitrogen and oxygen atoms in total. The topological polar surface area (TPSA) is 79.9 Å². The van der Waals surface area contributed by atoms with E-state index in [1.165, 1.54) is 0 Å². The van der Waals surface area contributed by atoms with Crippen LogP contribution in [0.15, 0.2) is 36.7 Å². The van der Waals surface area contributed by atoms with Gasteiger partial charge >= 0.3 is 6.18 Å². The van der Waals surface area contributed by atoms with Crippen molar-refractivity contribution in [2.75, 3.05) is 82.0 Å². The normalized spacial score (nSPS) is 17.4. The number of alkyl halides is 3. The van der Waals surface area contributed by atoms with E-state index in [9.17, 15) is 18.0 Å². The summed E-state index contributed by atoms with van der Waals surface area (Å²) in [6.07, 6.45) is 1.03. The van der Waals surface area contributed by atoms with Crippen molar-refractivity contribution in [3.8, 4) is 0 Å². The molecule has 2 aromatic rings. The fraction of sp³-hybridized carbons (Fsp3) is 0.519. The minimum Gasteiger partial charge on any atom is -0.369 e. The zero-order valence-electron chi connectivity index (χ0n) is 22.8. The van der Waals surface area contributed by atoms with Crippen molar-refractivity contribution in [1.29, 1.82) is 0 Å². The molecule has 1 aromatic carbocycles. The number of aromatic nitrogens is 2. The Morgan fingerprint density at radius 3 is 2.56 bits per heavy atom. The van der Waals surface area contributed by atoms with Crippen molar-refractivity contribution < 1.29 is 18.0 Å². The molecule has 212 valence electrons. The van der Waals surface area contributed by atoms with Crippen LogP contribution in [0.25, 0.3) is 0 Å². The van der Waals surface area contributed by atoms with E-state index in [1.807, 2.05) is 37.1 Å². The van der Waals surface area contributed by atoms with Crippen molar-refractivity contribution >= 4 is 29.0 Å². The van der Waals surface area contributed by atoms with Crippen molar-refractivity contribution in [3.05, 3.63) is 47.8 Å². The first-order chi connectivity index (χ1) is 18.6. The number of halogens is 3. The number of aryl methyl sites for hydroxylation is 1.